The van der Waals surface area contributed by atoms with Crippen molar-refractivity contribution >= 4 is 17.9 Å². The topological polar surface area (TPSA) is 106 Å². The molecule has 1 heterocycles. The SMILES string of the molecule is C=CCOc1ccccc1C(=O)NC[C@H](CC(C)C)NC(=O)C1(CC=C)CN(C(=O)OC(C)(C)C)CCO1. The number of benzene rings is 1. The van der Waals surface area contributed by atoms with E-state index < -0.39 is 17.3 Å². The summed E-state index contributed by atoms with van der Waals surface area (Å²) in [5.74, 6) is 0.0391. The van der Waals surface area contributed by atoms with Gasteiger partial charge in [-0.1, -0.05) is 44.7 Å². The van der Waals surface area contributed by atoms with Gasteiger partial charge < -0.3 is 29.7 Å². The summed E-state index contributed by atoms with van der Waals surface area (Å²) in [5, 5.41) is 5.98. The molecule has 0 aliphatic carbocycles. The van der Waals surface area contributed by atoms with E-state index in [0.717, 1.165) is 0 Å². The molecule has 1 saturated heterocycles. The molecule has 3 amide bonds. The highest BCUT2D eigenvalue weighted by Gasteiger charge is 2.45. The molecule has 2 atom stereocenters. The maximum Gasteiger partial charge on any atom is 0.410 e. The van der Waals surface area contributed by atoms with Crippen LogP contribution in [0.5, 0.6) is 5.75 Å². The number of carbonyl (C=O) groups excluding carboxylic acids is 3. The van der Waals surface area contributed by atoms with E-state index in [9.17, 15) is 14.4 Å². The van der Waals surface area contributed by atoms with Crippen LogP contribution in [0, 0.1) is 5.92 Å². The Kier molecular flexibility index (Phi) is 11.4. The van der Waals surface area contributed by atoms with E-state index in [1.54, 1.807) is 57.2 Å². The number of amides is 3. The van der Waals surface area contributed by atoms with Gasteiger partial charge in [-0.25, -0.2) is 4.79 Å². The molecule has 1 fully saturated rings. The van der Waals surface area contributed by atoms with Gasteiger partial charge in [-0.2, -0.15) is 0 Å². The number of hydrogen-bond acceptors (Lipinski definition) is 6. The molecule has 1 aromatic rings. The Morgan fingerprint density at radius 3 is 2.53 bits per heavy atom. The van der Waals surface area contributed by atoms with Gasteiger partial charge in [0.2, 0.25) is 0 Å². The van der Waals surface area contributed by atoms with Gasteiger partial charge in [0.25, 0.3) is 11.8 Å². The predicted octanol–water partition coefficient (Wildman–Crippen LogP) is 4.09. The molecule has 2 N–H and O–H groups in total. The summed E-state index contributed by atoms with van der Waals surface area (Å²) in [6, 6.07) is 6.60. The van der Waals surface area contributed by atoms with E-state index >= 15 is 0 Å². The van der Waals surface area contributed by atoms with E-state index in [4.69, 9.17) is 14.2 Å². The molecular formula is C29H43N3O6. The lowest BCUT2D eigenvalue weighted by molar-refractivity contribution is -0.159. The molecular weight excluding hydrogens is 486 g/mol. The van der Waals surface area contributed by atoms with Crippen LogP contribution in [0.4, 0.5) is 4.79 Å². The van der Waals surface area contributed by atoms with Gasteiger partial charge in [0, 0.05) is 25.6 Å². The molecule has 210 valence electrons. The number of nitrogens with one attached hydrogen (secondary N) is 2. The maximum atomic E-state index is 13.6. The number of rotatable bonds is 12. The molecule has 9 nitrogen and oxygen atoms in total. The van der Waals surface area contributed by atoms with Crippen molar-refractivity contribution in [2.45, 2.75) is 64.7 Å². The molecule has 1 aromatic carbocycles. The highest BCUT2D eigenvalue weighted by molar-refractivity contribution is 5.97. The molecule has 0 bridgehead atoms. The summed E-state index contributed by atoms with van der Waals surface area (Å²) < 4.78 is 17.1. The van der Waals surface area contributed by atoms with Crippen molar-refractivity contribution in [3.8, 4) is 5.75 Å². The zero-order valence-electron chi connectivity index (χ0n) is 23.4. The highest BCUT2D eigenvalue weighted by atomic mass is 16.6. The first-order valence-electron chi connectivity index (χ1n) is 13.1. The number of morpholine rings is 1. The molecule has 0 aromatic heterocycles. The Morgan fingerprint density at radius 2 is 1.89 bits per heavy atom. The largest absolute Gasteiger partial charge is 0.489 e. The number of para-hydroxylation sites is 1. The quantitative estimate of drug-likeness (QED) is 0.395. The van der Waals surface area contributed by atoms with Crippen molar-refractivity contribution in [3.63, 3.8) is 0 Å². The molecule has 0 spiro atoms. The molecule has 1 unspecified atom stereocenters. The fourth-order valence-electron chi connectivity index (χ4n) is 4.17. The zero-order valence-corrected chi connectivity index (χ0v) is 23.4. The lowest BCUT2D eigenvalue weighted by Gasteiger charge is -2.42. The third-order valence-electron chi connectivity index (χ3n) is 5.81. The average molecular weight is 530 g/mol. The van der Waals surface area contributed by atoms with Crippen LogP contribution in [0.1, 0.15) is 57.8 Å². The Labute approximate surface area is 226 Å². The summed E-state index contributed by atoms with van der Waals surface area (Å²) in [4.78, 5) is 40.8. The van der Waals surface area contributed by atoms with Crippen LogP contribution >= 0.6 is 0 Å². The summed E-state index contributed by atoms with van der Waals surface area (Å²) in [5.41, 5.74) is -1.56. The first-order chi connectivity index (χ1) is 17.9. The molecule has 2 rings (SSSR count). The minimum absolute atomic E-state index is 0.0363. The Bertz CT molecular complexity index is 987. The summed E-state index contributed by atoms with van der Waals surface area (Å²) in [6.07, 6.45) is 3.56. The van der Waals surface area contributed by atoms with E-state index in [1.165, 1.54) is 4.90 Å². The molecule has 9 heteroatoms. The van der Waals surface area contributed by atoms with Crippen molar-refractivity contribution in [1.82, 2.24) is 15.5 Å². The van der Waals surface area contributed by atoms with Gasteiger partial charge in [-0.05, 0) is 45.2 Å². The Balaban J connectivity index is 2.15. The van der Waals surface area contributed by atoms with E-state index in [0.29, 0.717) is 24.3 Å². The van der Waals surface area contributed by atoms with Gasteiger partial charge >= 0.3 is 6.09 Å². The van der Waals surface area contributed by atoms with Crippen LogP contribution in [-0.4, -0.2) is 72.9 Å². The van der Waals surface area contributed by atoms with E-state index in [2.05, 4.69) is 23.8 Å². The smallest absolute Gasteiger partial charge is 0.410 e. The third kappa shape index (κ3) is 9.20. The van der Waals surface area contributed by atoms with Gasteiger partial charge in [0.15, 0.2) is 5.60 Å². The highest BCUT2D eigenvalue weighted by Crippen LogP contribution is 2.25. The van der Waals surface area contributed by atoms with Crippen LogP contribution in [0.3, 0.4) is 0 Å². The molecule has 1 aliphatic rings. The van der Waals surface area contributed by atoms with Crippen LogP contribution in [-0.2, 0) is 14.3 Å². The Hall–Kier alpha value is -3.33. The molecule has 0 saturated carbocycles. The number of nitrogens with zero attached hydrogens (tertiary/aromatic N) is 1. The van der Waals surface area contributed by atoms with Crippen molar-refractivity contribution in [2.75, 3.05) is 32.8 Å². The van der Waals surface area contributed by atoms with Crippen molar-refractivity contribution < 1.29 is 28.6 Å². The third-order valence-corrected chi connectivity index (χ3v) is 5.81. The minimum Gasteiger partial charge on any atom is -0.489 e. The zero-order chi connectivity index (χ0) is 28.3. The summed E-state index contributed by atoms with van der Waals surface area (Å²) >= 11 is 0. The van der Waals surface area contributed by atoms with Gasteiger partial charge in [-0.3, -0.25) is 9.59 Å². The van der Waals surface area contributed by atoms with Crippen LogP contribution in [0.2, 0.25) is 0 Å². The number of carbonyl (C=O) groups is 3. The standard InChI is InChI=1S/C29H43N3O6/c1-8-14-29(20-32(15-17-37-29)27(35)38-28(5,6)7)26(34)31-22(18-21(3)4)19-30-25(33)23-12-10-11-13-24(23)36-16-9-2/h8-13,21-22H,1-2,14-20H2,3-7H3,(H,30,33)(H,31,34)/t22-,29?/m0/s1. The van der Waals surface area contributed by atoms with Crippen molar-refractivity contribution in [2.24, 2.45) is 5.92 Å². The van der Waals surface area contributed by atoms with Gasteiger partial charge in [0.05, 0.1) is 18.7 Å². The lowest BCUT2D eigenvalue weighted by Crippen LogP contribution is -2.63. The molecule has 1 aliphatic heterocycles. The number of hydrogen-bond donors (Lipinski definition) is 2. The van der Waals surface area contributed by atoms with Crippen LogP contribution in [0.15, 0.2) is 49.6 Å². The first kappa shape index (κ1) is 30.9. The summed E-state index contributed by atoms with van der Waals surface area (Å²) in [7, 11) is 0. The second-order valence-corrected chi connectivity index (χ2v) is 10.8. The van der Waals surface area contributed by atoms with Crippen LogP contribution in [0.25, 0.3) is 0 Å². The fourth-order valence-corrected chi connectivity index (χ4v) is 4.17. The molecule has 0 radical (unpaired) electrons. The first-order valence-corrected chi connectivity index (χ1v) is 13.1. The predicted molar refractivity (Wildman–Crippen MR) is 147 cm³/mol. The van der Waals surface area contributed by atoms with Crippen molar-refractivity contribution in [3.05, 3.63) is 55.1 Å². The normalized spacial score (nSPS) is 18.3. The van der Waals surface area contributed by atoms with Crippen molar-refractivity contribution in [1.29, 1.82) is 0 Å². The average Bonchev–Trinajstić information content (AvgIpc) is 2.85. The fraction of sp³-hybridized carbons (Fsp3) is 0.552. The Morgan fingerprint density at radius 1 is 1.18 bits per heavy atom. The van der Waals surface area contributed by atoms with Gasteiger partial charge in [0.1, 0.15) is 18.0 Å². The van der Waals surface area contributed by atoms with E-state index in [-0.39, 0.29) is 56.5 Å². The van der Waals surface area contributed by atoms with Crippen LogP contribution < -0.4 is 15.4 Å². The number of ether oxygens (including phenoxy) is 3. The second-order valence-electron chi connectivity index (χ2n) is 10.8. The second kappa shape index (κ2) is 14.0. The monoisotopic (exact) mass is 529 g/mol. The minimum atomic E-state index is -1.30. The summed E-state index contributed by atoms with van der Waals surface area (Å²) in [6.45, 7) is 17.9. The van der Waals surface area contributed by atoms with Gasteiger partial charge in [-0.15, -0.1) is 6.58 Å². The van der Waals surface area contributed by atoms with E-state index in [1.807, 2.05) is 13.8 Å². The lowest BCUT2D eigenvalue weighted by atomic mass is 9.94. The maximum absolute atomic E-state index is 13.6. The molecule has 38 heavy (non-hydrogen) atoms.